The molecule has 7 heteroatoms. The smallest absolute Gasteiger partial charge is 0.253 e. The second kappa shape index (κ2) is 7.31. The van der Waals surface area contributed by atoms with Gasteiger partial charge < -0.3 is 9.80 Å². The second-order valence-corrected chi connectivity index (χ2v) is 8.14. The Morgan fingerprint density at radius 3 is 2.30 bits per heavy atom. The van der Waals surface area contributed by atoms with Gasteiger partial charge in [0, 0.05) is 51.5 Å². The third-order valence-electron chi connectivity index (χ3n) is 4.13. The van der Waals surface area contributed by atoms with E-state index in [9.17, 15) is 13.2 Å². The van der Waals surface area contributed by atoms with Gasteiger partial charge in [0.1, 0.15) is 0 Å². The maximum Gasteiger partial charge on any atom is 0.253 e. The Morgan fingerprint density at radius 2 is 1.74 bits per heavy atom. The summed E-state index contributed by atoms with van der Waals surface area (Å²) in [6.07, 6.45) is 0.667. The van der Waals surface area contributed by atoms with Gasteiger partial charge in [0.2, 0.25) is 10.0 Å². The Bertz CT molecular complexity index is 641. The zero-order valence-corrected chi connectivity index (χ0v) is 14.8. The molecule has 0 atom stereocenters. The van der Waals surface area contributed by atoms with Gasteiger partial charge in [-0.05, 0) is 37.6 Å². The maximum absolute atomic E-state index is 12.6. The number of carbonyl (C=O) groups excluding carboxylic acids is 1. The highest BCUT2D eigenvalue weighted by molar-refractivity contribution is 7.89. The normalized spacial score (nSPS) is 16.9. The summed E-state index contributed by atoms with van der Waals surface area (Å²) in [4.78, 5) is 16.3. The first-order valence-electron chi connectivity index (χ1n) is 7.89. The van der Waals surface area contributed by atoms with Crippen LogP contribution >= 0.6 is 0 Å². The van der Waals surface area contributed by atoms with Crippen molar-refractivity contribution in [2.45, 2.75) is 13.3 Å². The zero-order valence-electron chi connectivity index (χ0n) is 14.0. The van der Waals surface area contributed by atoms with Crippen LogP contribution < -0.4 is 4.90 Å². The lowest BCUT2D eigenvalue weighted by Crippen LogP contribution is -2.37. The molecule has 1 aromatic rings. The number of carbonyl (C=O) groups is 1. The molecule has 0 radical (unpaired) electrons. The summed E-state index contributed by atoms with van der Waals surface area (Å²) in [5, 5.41) is 0. The van der Waals surface area contributed by atoms with Crippen molar-refractivity contribution in [2.24, 2.45) is 0 Å². The number of rotatable bonds is 4. The third kappa shape index (κ3) is 4.23. The van der Waals surface area contributed by atoms with E-state index in [4.69, 9.17) is 0 Å². The van der Waals surface area contributed by atoms with Crippen molar-refractivity contribution in [3.63, 3.8) is 0 Å². The highest BCUT2D eigenvalue weighted by Crippen LogP contribution is 2.16. The number of sulfonamides is 1. The Balaban J connectivity index is 2.06. The van der Waals surface area contributed by atoms with Gasteiger partial charge in [0.15, 0.2) is 0 Å². The molecule has 0 aromatic heterocycles. The molecule has 1 aliphatic rings. The summed E-state index contributed by atoms with van der Waals surface area (Å²) in [6.45, 7) is 3.53. The lowest BCUT2D eigenvalue weighted by Gasteiger charge is -2.22. The van der Waals surface area contributed by atoms with Gasteiger partial charge in [-0.15, -0.1) is 0 Å². The fraction of sp³-hybridized carbons (Fsp3) is 0.562. The Kier molecular flexibility index (Phi) is 5.64. The predicted molar refractivity (Wildman–Crippen MR) is 92.3 cm³/mol. The molecule has 0 N–H and O–H groups in total. The zero-order chi connectivity index (χ0) is 17.0. The number of benzene rings is 1. The molecule has 0 unspecified atom stereocenters. The highest BCUT2D eigenvalue weighted by atomic mass is 32.2. The molecule has 128 valence electrons. The van der Waals surface area contributed by atoms with Crippen molar-refractivity contribution in [3.05, 3.63) is 29.8 Å². The number of anilines is 1. The lowest BCUT2D eigenvalue weighted by molar-refractivity contribution is 0.0764. The molecular weight excluding hydrogens is 314 g/mol. The Labute approximate surface area is 138 Å². The second-order valence-electron chi connectivity index (χ2n) is 5.89. The molecule has 0 spiro atoms. The largest absolute Gasteiger partial charge is 0.378 e. The first-order chi connectivity index (χ1) is 10.8. The third-order valence-corrected chi connectivity index (χ3v) is 6.01. The molecule has 1 aliphatic heterocycles. The van der Waals surface area contributed by atoms with Crippen molar-refractivity contribution in [3.8, 4) is 0 Å². The van der Waals surface area contributed by atoms with E-state index in [1.807, 2.05) is 43.3 Å². The summed E-state index contributed by atoms with van der Waals surface area (Å²) in [6, 6.07) is 7.48. The average molecular weight is 339 g/mol. The minimum absolute atomic E-state index is 0.0361. The summed E-state index contributed by atoms with van der Waals surface area (Å²) in [5.41, 5.74) is 1.68. The highest BCUT2D eigenvalue weighted by Gasteiger charge is 2.25. The lowest BCUT2D eigenvalue weighted by atomic mass is 10.1. The van der Waals surface area contributed by atoms with E-state index in [0.29, 0.717) is 38.2 Å². The number of hydrogen-bond acceptors (Lipinski definition) is 4. The maximum atomic E-state index is 12.6. The summed E-state index contributed by atoms with van der Waals surface area (Å²) in [5.74, 6) is 0.0680. The van der Waals surface area contributed by atoms with E-state index < -0.39 is 10.0 Å². The molecule has 1 saturated heterocycles. The average Bonchev–Trinajstić information content (AvgIpc) is 2.81. The Morgan fingerprint density at radius 1 is 1.09 bits per heavy atom. The van der Waals surface area contributed by atoms with Crippen LogP contribution in [0.1, 0.15) is 23.7 Å². The topological polar surface area (TPSA) is 60.9 Å². The van der Waals surface area contributed by atoms with Crippen molar-refractivity contribution in [1.82, 2.24) is 9.21 Å². The van der Waals surface area contributed by atoms with Gasteiger partial charge in [0.05, 0.1) is 5.75 Å². The van der Waals surface area contributed by atoms with Crippen molar-refractivity contribution >= 4 is 21.6 Å². The summed E-state index contributed by atoms with van der Waals surface area (Å²) < 4.78 is 25.4. The molecule has 1 amide bonds. The van der Waals surface area contributed by atoms with Gasteiger partial charge in [-0.1, -0.05) is 0 Å². The van der Waals surface area contributed by atoms with Gasteiger partial charge in [0.25, 0.3) is 5.91 Å². The van der Waals surface area contributed by atoms with Crippen LogP contribution in [0.3, 0.4) is 0 Å². The van der Waals surface area contributed by atoms with Crippen molar-refractivity contribution < 1.29 is 13.2 Å². The van der Waals surface area contributed by atoms with Crippen LogP contribution in [0.5, 0.6) is 0 Å². The fourth-order valence-corrected chi connectivity index (χ4v) is 3.77. The van der Waals surface area contributed by atoms with Crippen LogP contribution in [0.15, 0.2) is 24.3 Å². The van der Waals surface area contributed by atoms with E-state index in [-0.39, 0.29) is 11.7 Å². The quantitative estimate of drug-likeness (QED) is 0.828. The van der Waals surface area contributed by atoms with Crippen LogP contribution in [0, 0.1) is 0 Å². The van der Waals surface area contributed by atoms with Crippen LogP contribution in [0.4, 0.5) is 5.69 Å². The van der Waals surface area contributed by atoms with Gasteiger partial charge >= 0.3 is 0 Å². The van der Waals surface area contributed by atoms with E-state index in [1.165, 1.54) is 4.31 Å². The minimum Gasteiger partial charge on any atom is -0.378 e. The van der Waals surface area contributed by atoms with Crippen molar-refractivity contribution in [2.75, 3.05) is 50.9 Å². The standard InChI is InChI=1S/C16H25N3O3S/c1-4-23(21,22)19-11-5-10-18(12-13-19)16(20)14-6-8-15(9-7-14)17(2)3/h6-9H,4-5,10-13H2,1-3H3. The molecule has 1 aromatic carbocycles. The SMILES string of the molecule is CCS(=O)(=O)N1CCCN(C(=O)c2ccc(N(C)C)cc2)CC1. The van der Waals surface area contributed by atoms with Gasteiger partial charge in [-0.25, -0.2) is 12.7 Å². The van der Waals surface area contributed by atoms with Crippen LogP contribution in [-0.4, -0.2) is 69.6 Å². The van der Waals surface area contributed by atoms with Crippen LogP contribution in [0.25, 0.3) is 0 Å². The van der Waals surface area contributed by atoms with Gasteiger partial charge in [-0.2, -0.15) is 0 Å². The summed E-state index contributed by atoms with van der Waals surface area (Å²) >= 11 is 0. The Hall–Kier alpha value is -1.60. The van der Waals surface area contributed by atoms with Gasteiger partial charge in [-0.3, -0.25) is 4.79 Å². The van der Waals surface area contributed by atoms with Crippen molar-refractivity contribution in [1.29, 1.82) is 0 Å². The molecule has 0 bridgehead atoms. The number of amides is 1. The molecule has 1 heterocycles. The van der Waals surface area contributed by atoms with E-state index >= 15 is 0 Å². The van der Waals surface area contributed by atoms with E-state index in [0.717, 1.165) is 5.69 Å². The first-order valence-corrected chi connectivity index (χ1v) is 9.50. The monoisotopic (exact) mass is 339 g/mol. The molecule has 23 heavy (non-hydrogen) atoms. The fourth-order valence-electron chi connectivity index (χ4n) is 2.64. The van der Waals surface area contributed by atoms with E-state index in [2.05, 4.69) is 0 Å². The first kappa shape index (κ1) is 17.7. The number of hydrogen-bond donors (Lipinski definition) is 0. The molecule has 2 rings (SSSR count). The number of nitrogens with zero attached hydrogens (tertiary/aromatic N) is 3. The van der Waals surface area contributed by atoms with E-state index in [1.54, 1.807) is 11.8 Å². The minimum atomic E-state index is -3.18. The molecule has 0 saturated carbocycles. The predicted octanol–water partition coefficient (Wildman–Crippen LogP) is 1.25. The summed E-state index contributed by atoms with van der Waals surface area (Å²) in [7, 11) is 0.722. The van der Waals surface area contributed by atoms with Crippen LogP contribution in [-0.2, 0) is 10.0 Å². The molecule has 1 fully saturated rings. The molecular formula is C16H25N3O3S. The molecule has 6 nitrogen and oxygen atoms in total. The van der Waals surface area contributed by atoms with Crippen LogP contribution in [0.2, 0.25) is 0 Å². The molecule has 0 aliphatic carbocycles.